The van der Waals surface area contributed by atoms with Crippen LogP contribution in [0.2, 0.25) is 0 Å². The van der Waals surface area contributed by atoms with E-state index in [1.165, 1.54) is 11.3 Å². The molecule has 2 unspecified atom stereocenters. The Labute approximate surface area is 151 Å². The van der Waals surface area contributed by atoms with Gasteiger partial charge in [-0.25, -0.2) is 4.98 Å². The molecule has 3 rings (SSSR count). The highest BCUT2D eigenvalue weighted by Crippen LogP contribution is 2.33. The van der Waals surface area contributed by atoms with Crippen LogP contribution in [-0.2, 0) is 20.8 Å². The average molecular weight is 364 g/mol. The second-order valence-electron chi connectivity index (χ2n) is 6.71. The molecule has 0 radical (unpaired) electrons. The normalized spacial score (nSPS) is 22.7. The lowest BCUT2D eigenvalue weighted by molar-refractivity contribution is -0.139. The number of hydrogen-bond acceptors (Lipinski definition) is 5. The van der Waals surface area contributed by atoms with Crippen LogP contribution in [0.1, 0.15) is 36.9 Å². The molecule has 1 aliphatic heterocycles. The quantitative estimate of drug-likeness (QED) is 0.774. The minimum Gasteiger partial charge on any atom is -0.355 e. The largest absolute Gasteiger partial charge is 0.355 e. The highest BCUT2D eigenvalue weighted by Gasteiger charge is 2.44. The fourth-order valence-corrected chi connectivity index (χ4v) is 3.83. The van der Waals surface area contributed by atoms with E-state index in [9.17, 15) is 14.4 Å². The van der Waals surface area contributed by atoms with Crippen LogP contribution >= 0.6 is 11.3 Å². The summed E-state index contributed by atoms with van der Waals surface area (Å²) in [5, 5.41) is 8.56. The second-order valence-corrected chi connectivity index (χ2v) is 7.77. The lowest BCUT2D eigenvalue weighted by Crippen LogP contribution is -2.46. The van der Waals surface area contributed by atoms with Crippen molar-refractivity contribution in [3.05, 3.63) is 16.1 Å². The van der Waals surface area contributed by atoms with E-state index in [1.807, 2.05) is 19.2 Å². The minimum absolute atomic E-state index is 0.0446. The summed E-state index contributed by atoms with van der Waals surface area (Å²) in [6.07, 6.45) is 2.49. The number of hydrogen-bond donors (Lipinski definition) is 2. The van der Waals surface area contributed by atoms with Crippen LogP contribution in [0, 0.1) is 12.8 Å². The van der Waals surface area contributed by atoms with E-state index >= 15 is 0 Å². The molecule has 3 amide bonds. The van der Waals surface area contributed by atoms with Gasteiger partial charge in [-0.15, -0.1) is 11.3 Å². The molecule has 1 aliphatic carbocycles. The van der Waals surface area contributed by atoms with E-state index in [1.54, 1.807) is 4.90 Å². The molecule has 7 nitrogen and oxygen atoms in total. The lowest BCUT2D eigenvalue weighted by Gasteiger charge is -2.23. The summed E-state index contributed by atoms with van der Waals surface area (Å²) in [5.74, 6) is -0.151. The zero-order chi connectivity index (χ0) is 18.0. The van der Waals surface area contributed by atoms with Crippen LogP contribution in [-0.4, -0.2) is 52.8 Å². The van der Waals surface area contributed by atoms with E-state index in [0.717, 1.165) is 23.5 Å². The number of carbonyl (C=O) groups excluding carboxylic acids is 3. The molecular weight excluding hydrogens is 340 g/mol. The topological polar surface area (TPSA) is 91.4 Å². The maximum absolute atomic E-state index is 12.5. The lowest BCUT2D eigenvalue weighted by atomic mass is 10.1. The molecule has 1 aromatic heterocycles. The summed E-state index contributed by atoms with van der Waals surface area (Å²) in [6, 6.07) is -0.678. The van der Waals surface area contributed by atoms with Crippen molar-refractivity contribution in [2.45, 2.75) is 51.6 Å². The third kappa shape index (κ3) is 4.36. The van der Waals surface area contributed by atoms with Gasteiger partial charge in [-0.2, -0.15) is 0 Å². The number of nitrogens with zero attached hydrogens (tertiary/aromatic N) is 2. The van der Waals surface area contributed by atoms with Crippen molar-refractivity contribution >= 4 is 29.1 Å². The van der Waals surface area contributed by atoms with Crippen LogP contribution in [0.3, 0.4) is 0 Å². The number of carbonyl (C=O) groups is 3. The molecule has 1 aromatic rings. The summed E-state index contributed by atoms with van der Waals surface area (Å²) in [7, 11) is 0. The Morgan fingerprint density at radius 3 is 2.72 bits per heavy atom. The van der Waals surface area contributed by atoms with Crippen molar-refractivity contribution in [2.75, 3.05) is 13.1 Å². The predicted octanol–water partition coefficient (Wildman–Crippen LogP) is 0.626. The Kier molecular flexibility index (Phi) is 5.36. The van der Waals surface area contributed by atoms with Gasteiger partial charge in [0.1, 0.15) is 6.04 Å². The third-order valence-corrected chi connectivity index (χ3v) is 5.36. The number of likely N-dealkylation sites (tertiary alicyclic amines) is 1. The number of aryl methyl sites for hydroxylation is 1. The number of likely N-dealkylation sites (N-methyl/N-ethyl adjacent to an activating group) is 1. The smallest absolute Gasteiger partial charge is 0.242 e. The van der Waals surface area contributed by atoms with Gasteiger partial charge in [0, 0.05) is 30.4 Å². The van der Waals surface area contributed by atoms with Gasteiger partial charge in [0.15, 0.2) is 0 Å². The molecular formula is C17H24N4O3S. The van der Waals surface area contributed by atoms with E-state index in [0.29, 0.717) is 19.5 Å². The van der Waals surface area contributed by atoms with Gasteiger partial charge >= 0.3 is 0 Å². The first-order chi connectivity index (χ1) is 12.0. The Balaban J connectivity index is 1.60. The highest BCUT2D eigenvalue weighted by molar-refractivity contribution is 7.09. The molecule has 0 bridgehead atoms. The molecule has 2 fully saturated rings. The molecule has 2 aliphatic rings. The predicted molar refractivity (Wildman–Crippen MR) is 94.0 cm³/mol. The molecule has 2 atom stereocenters. The number of aromatic nitrogens is 1. The van der Waals surface area contributed by atoms with Gasteiger partial charge < -0.3 is 15.5 Å². The van der Waals surface area contributed by atoms with Crippen LogP contribution < -0.4 is 10.6 Å². The van der Waals surface area contributed by atoms with Gasteiger partial charge in [0.25, 0.3) is 0 Å². The second kappa shape index (κ2) is 7.51. The molecule has 1 saturated carbocycles. The van der Waals surface area contributed by atoms with Crippen LogP contribution in [0.25, 0.3) is 0 Å². The van der Waals surface area contributed by atoms with Crippen LogP contribution in [0.5, 0.6) is 0 Å². The summed E-state index contributed by atoms with van der Waals surface area (Å²) in [4.78, 5) is 43.0. The zero-order valence-electron chi connectivity index (χ0n) is 14.6. The van der Waals surface area contributed by atoms with Gasteiger partial charge in [-0.3, -0.25) is 14.4 Å². The van der Waals surface area contributed by atoms with Gasteiger partial charge in [-0.05, 0) is 33.1 Å². The Morgan fingerprint density at radius 2 is 2.12 bits per heavy atom. The first-order valence-corrected chi connectivity index (χ1v) is 9.64. The molecule has 25 heavy (non-hydrogen) atoms. The van der Waals surface area contributed by atoms with Crippen molar-refractivity contribution < 1.29 is 14.4 Å². The molecule has 8 heteroatoms. The maximum Gasteiger partial charge on any atom is 0.242 e. The van der Waals surface area contributed by atoms with Crippen molar-refractivity contribution in [1.29, 1.82) is 0 Å². The maximum atomic E-state index is 12.5. The number of rotatable bonds is 6. The standard InChI is InChI=1S/C17H24N4O3S/c1-3-18-16(23)14-6-12(8-21(14)17(24)11-4-5-11)20-15(22)7-13-9-25-10(2)19-13/h9,11-12,14H,3-8H2,1-2H3,(H,18,23)(H,20,22). The van der Waals surface area contributed by atoms with Crippen molar-refractivity contribution in [1.82, 2.24) is 20.5 Å². The Hall–Kier alpha value is -1.96. The van der Waals surface area contributed by atoms with Crippen LogP contribution in [0.15, 0.2) is 5.38 Å². The molecule has 2 N–H and O–H groups in total. The molecule has 2 heterocycles. The Morgan fingerprint density at radius 1 is 1.36 bits per heavy atom. The number of thiazole rings is 1. The molecule has 0 aromatic carbocycles. The van der Waals surface area contributed by atoms with E-state index < -0.39 is 6.04 Å². The summed E-state index contributed by atoms with van der Waals surface area (Å²) >= 11 is 1.52. The number of amides is 3. The van der Waals surface area contributed by atoms with E-state index in [-0.39, 0.29) is 36.1 Å². The molecule has 136 valence electrons. The Bertz CT molecular complexity index is 671. The monoisotopic (exact) mass is 364 g/mol. The molecule has 1 saturated heterocycles. The van der Waals surface area contributed by atoms with Crippen molar-refractivity contribution in [3.8, 4) is 0 Å². The van der Waals surface area contributed by atoms with Gasteiger partial charge in [0.2, 0.25) is 17.7 Å². The average Bonchev–Trinajstić information content (AvgIpc) is 3.21. The third-order valence-electron chi connectivity index (χ3n) is 4.54. The van der Waals surface area contributed by atoms with E-state index in [2.05, 4.69) is 15.6 Å². The first-order valence-electron chi connectivity index (χ1n) is 8.76. The SMILES string of the molecule is CCNC(=O)C1CC(NC(=O)Cc2csc(C)n2)CN1C(=O)C1CC1. The minimum atomic E-state index is -0.486. The fraction of sp³-hybridized carbons (Fsp3) is 0.647. The summed E-state index contributed by atoms with van der Waals surface area (Å²) in [6.45, 7) is 4.69. The summed E-state index contributed by atoms with van der Waals surface area (Å²) in [5.41, 5.74) is 0.754. The van der Waals surface area contributed by atoms with Crippen molar-refractivity contribution in [2.24, 2.45) is 5.92 Å². The zero-order valence-corrected chi connectivity index (χ0v) is 15.4. The van der Waals surface area contributed by atoms with E-state index in [4.69, 9.17) is 0 Å². The highest BCUT2D eigenvalue weighted by atomic mass is 32.1. The first kappa shape index (κ1) is 17.8. The summed E-state index contributed by atoms with van der Waals surface area (Å²) < 4.78 is 0. The molecule has 0 spiro atoms. The fourth-order valence-electron chi connectivity index (χ4n) is 3.22. The number of nitrogens with one attached hydrogen (secondary N) is 2. The van der Waals surface area contributed by atoms with Gasteiger partial charge in [-0.1, -0.05) is 0 Å². The van der Waals surface area contributed by atoms with Crippen molar-refractivity contribution in [3.63, 3.8) is 0 Å². The van der Waals surface area contributed by atoms with Gasteiger partial charge in [0.05, 0.1) is 17.1 Å². The van der Waals surface area contributed by atoms with Crippen LogP contribution in [0.4, 0.5) is 0 Å².